The van der Waals surface area contributed by atoms with Crippen LogP contribution in [0, 0.1) is 12.4 Å². The van der Waals surface area contributed by atoms with Gasteiger partial charge in [-0.15, -0.1) is 0 Å². The maximum atomic E-state index is 14.5. The summed E-state index contributed by atoms with van der Waals surface area (Å²) in [6.07, 6.45) is 3.67. The average molecular weight is 493 g/mol. The van der Waals surface area contributed by atoms with Crippen LogP contribution in [0.15, 0.2) is 60.9 Å². The van der Waals surface area contributed by atoms with Gasteiger partial charge in [-0.05, 0) is 67.8 Å². The van der Waals surface area contributed by atoms with Gasteiger partial charge in [-0.2, -0.15) is 0 Å². The molecular formula is C26H22ClFN4O3. The highest BCUT2D eigenvalue weighted by atomic mass is 35.5. The maximum absolute atomic E-state index is 14.5. The van der Waals surface area contributed by atoms with Gasteiger partial charge >= 0.3 is 6.03 Å². The Morgan fingerprint density at radius 1 is 1.09 bits per heavy atom. The zero-order chi connectivity index (χ0) is 25.2. The highest BCUT2D eigenvalue weighted by Gasteiger charge is 2.51. The second-order valence-corrected chi connectivity index (χ2v) is 8.87. The molecule has 1 aliphatic rings. The Kier molecular flexibility index (Phi) is 6.72. The van der Waals surface area contributed by atoms with Gasteiger partial charge in [0, 0.05) is 24.0 Å². The number of hydrogen-bond acceptors (Lipinski definition) is 4. The quantitative estimate of drug-likeness (QED) is 0.227. The minimum absolute atomic E-state index is 0.113. The van der Waals surface area contributed by atoms with Gasteiger partial charge in [-0.1, -0.05) is 23.7 Å². The van der Waals surface area contributed by atoms with Gasteiger partial charge in [0.1, 0.15) is 5.54 Å². The molecule has 3 amide bonds. The third-order valence-electron chi connectivity index (χ3n) is 5.86. The van der Waals surface area contributed by atoms with Crippen molar-refractivity contribution in [1.29, 1.82) is 0 Å². The number of hydrogen-bond donors (Lipinski definition) is 0. The lowest BCUT2D eigenvalue weighted by atomic mass is 10.0. The largest absolute Gasteiger partial charge is 0.490 e. The number of benzene rings is 2. The monoisotopic (exact) mass is 492 g/mol. The van der Waals surface area contributed by atoms with Gasteiger partial charge in [0.2, 0.25) is 5.69 Å². The fraction of sp³-hybridized carbons (Fsp3) is 0.231. The number of nitrogens with zero attached hydrogens (tertiary/aromatic N) is 4. The first-order valence-corrected chi connectivity index (χ1v) is 11.3. The number of anilines is 1. The van der Waals surface area contributed by atoms with Crippen molar-refractivity contribution < 1.29 is 18.7 Å². The van der Waals surface area contributed by atoms with Crippen LogP contribution in [0.5, 0.6) is 5.75 Å². The first-order valence-electron chi connectivity index (χ1n) is 10.9. The van der Waals surface area contributed by atoms with Crippen molar-refractivity contribution in [2.45, 2.75) is 25.8 Å². The molecule has 4 rings (SSSR count). The molecule has 0 aliphatic carbocycles. The normalized spacial score (nSPS) is 14.8. The van der Waals surface area contributed by atoms with Gasteiger partial charge in [-0.3, -0.25) is 9.78 Å². The van der Waals surface area contributed by atoms with Crippen LogP contribution < -0.4 is 9.64 Å². The molecular weight excluding hydrogens is 471 g/mol. The molecule has 9 heteroatoms. The van der Waals surface area contributed by atoms with E-state index in [-0.39, 0.29) is 29.6 Å². The third-order valence-corrected chi connectivity index (χ3v) is 6.17. The molecule has 2 aromatic carbocycles. The van der Waals surface area contributed by atoms with Crippen molar-refractivity contribution in [3.05, 3.63) is 83.2 Å². The van der Waals surface area contributed by atoms with Crippen molar-refractivity contribution >= 4 is 34.9 Å². The smallest absolute Gasteiger partial charge is 0.332 e. The van der Waals surface area contributed by atoms with E-state index in [9.17, 15) is 14.0 Å². The third kappa shape index (κ3) is 4.68. The van der Waals surface area contributed by atoms with Crippen LogP contribution in [0.2, 0.25) is 5.02 Å². The van der Waals surface area contributed by atoms with Crippen LogP contribution in [0.4, 0.5) is 20.6 Å². The Bertz CT molecular complexity index is 1320. The minimum atomic E-state index is -1.08. The van der Waals surface area contributed by atoms with Crippen LogP contribution >= 0.6 is 11.6 Å². The standard InChI is InChI=1S/C26H22ClFN4O3/c1-26(2)24(33)32(19-6-7-22(29-3)20(27)16-19)25(34)31(26)13-4-14-35-23-8-5-18(15-21(23)28)17-9-11-30-12-10-17/h5-12,15-16H,4,13-14H2,1-2H3. The van der Waals surface area contributed by atoms with E-state index in [4.69, 9.17) is 22.9 Å². The number of urea groups is 1. The number of amides is 3. The second-order valence-electron chi connectivity index (χ2n) is 8.46. The molecule has 0 saturated carbocycles. The predicted octanol–water partition coefficient (Wildman–Crippen LogP) is 6.11. The number of pyridine rings is 1. The van der Waals surface area contributed by atoms with Crippen molar-refractivity contribution in [1.82, 2.24) is 9.88 Å². The van der Waals surface area contributed by atoms with E-state index >= 15 is 0 Å². The maximum Gasteiger partial charge on any atom is 0.332 e. The van der Waals surface area contributed by atoms with Crippen LogP contribution in [-0.2, 0) is 4.79 Å². The van der Waals surface area contributed by atoms with Crippen molar-refractivity contribution in [2.75, 3.05) is 18.1 Å². The first kappa shape index (κ1) is 24.2. The van der Waals surface area contributed by atoms with Gasteiger partial charge in [0.05, 0.1) is 18.9 Å². The molecule has 1 fully saturated rings. The Labute approximate surface area is 207 Å². The molecule has 3 aromatic rings. The zero-order valence-corrected chi connectivity index (χ0v) is 19.9. The predicted molar refractivity (Wildman–Crippen MR) is 131 cm³/mol. The molecule has 1 aliphatic heterocycles. The molecule has 178 valence electrons. The summed E-state index contributed by atoms with van der Waals surface area (Å²) in [7, 11) is 0. The summed E-state index contributed by atoms with van der Waals surface area (Å²) >= 11 is 6.10. The first-order chi connectivity index (χ1) is 16.7. The van der Waals surface area contributed by atoms with Gasteiger partial charge in [0.25, 0.3) is 5.91 Å². The lowest BCUT2D eigenvalue weighted by Gasteiger charge is -2.27. The second kappa shape index (κ2) is 9.72. The number of carbonyl (C=O) groups is 2. The number of imide groups is 1. The van der Waals surface area contributed by atoms with E-state index < -0.39 is 23.3 Å². The molecule has 0 unspecified atom stereocenters. The van der Waals surface area contributed by atoms with Crippen LogP contribution in [0.25, 0.3) is 16.0 Å². The molecule has 1 saturated heterocycles. The highest BCUT2D eigenvalue weighted by molar-refractivity contribution is 6.34. The molecule has 0 spiro atoms. The van der Waals surface area contributed by atoms with Crippen molar-refractivity contribution in [3.63, 3.8) is 0 Å². The molecule has 0 bridgehead atoms. The summed E-state index contributed by atoms with van der Waals surface area (Å²) in [6.45, 7) is 10.8. The Morgan fingerprint density at radius 3 is 2.49 bits per heavy atom. The molecule has 2 heterocycles. The topological polar surface area (TPSA) is 67.1 Å². The van der Waals surface area contributed by atoms with Gasteiger partial charge in [-0.25, -0.2) is 18.9 Å². The Hall–Kier alpha value is -3.96. The van der Waals surface area contributed by atoms with Crippen molar-refractivity contribution in [3.8, 4) is 16.9 Å². The average Bonchev–Trinajstić information content (AvgIpc) is 3.01. The molecule has 35 heavy (non-hydrogen) atoms. The van der Waals surface area contributed by atoms with Crippen molar-refractivity contribution in [2.24, 2.45) is 0 Å². The molecule has 7 nitrogen and oxygen atoms in total. The number of ether oxygens (including phenoxy) is 1. The molecule has 0 N–H and O–H groups in total. The van der Waals surface area contributed by atoms with E-state index in [0.29, 0.717) is 17.7 Å². The number of rotatable bonds is 7. The minimum Gasteiger partial charge on any atom is -0.490 e. The molecule has 0 radical (unpaired) electrons. The summed E-state index contributed by atoms with van der Waals surface area (Å²) in [5.74, 6) is -0.771. The van der Waals surface area contributed by atoms with E-state index in [1.54, 1.807) is 50.5 Å². The molecule has 1 aromatic heterocycles. The van der Waals surface area contributed by atoms with Gasteiger partial charge in [0.15, 0.2) is 11.6 Å². The van der Waals surface area contributed by atoms with E-state index in [0.717, 1.165) is 10.5 Å². The Morgan fingerprint density at radius 2 is 1.83 bits per heavy atom. The number of aromatic nitrogens is 1. The van der Waals surface area contributed by atoms with Crippen LogP contribution in [-0.4, -0.2) is 40.5 Å². The fourth-order valence-electron chi connectivity index (χ4n) is 3.91. The fourth-order valence-corrected chi connectivity index (χ4v) is 4.13. The summed E-state index contributed by atoms with van der Waals surface area (Å²) in [6, 6.07) is 12.3. The Balaban J connectivity index is 1.40. The van der Waals surface area contributed by atoms with Crippen LogP contribution in [0.3, 0.4) is 0 Å². The SMILES string of the molecule is [C-]#[N+]c1ccc(N2C(=O)N(CCCOc3ccc(-c4ccncc4)cc3F)C(C)(C)C2=O)cc1Cl. The van der Waals surface area contributed by atoms with E-state index in [2.05, 4.69) is 9.83 Å². The van der Waals surface area contributed by atoms with E-state index in [1.807, 2.05) is 0 Å². The summed E-state index contributed by atoms with van der Waals surface area (Å²) in [4.78, 5) is 35.9. The highest BCUT2D eigenvalue weighted by Crippen LogP contribution is 2.36. The molecule has 0 atom stereocenters. The summed E-state index contributed by atoms with van der Waals surface area (Å²) < 4.78 is 20.1. The zero-order valence-electron chi connectivity index (χ0n) is 19.2. The van der Waals surface area contributed by atoms with Crippen LogP contribution in [0.1, 0.15) is 20.3 Å². The van der Waals surface area contributed by atoms with Gasteiger partial charge < -0.3 is 9.64 Å². The van der Waals surface area contributed by atoms with E-state index in [1.165, 1.54) is 29.2 Å². The number of carbonyl (C=O) groups excluding carboxylic acids is 2. The lowest BCUT2D eigenvalue weighted by Crippen LogP contribution is -2.44. The lowest BCUT2D eigenvalue weighted by molar-refractivity contribution is -0.123. The summed E-state index contributed by atoms with van der Waals surface area (Å²) in [5, 5.41) is 0.166. The number of halogens is 2. The summed E-state index contributed by atoms with van der Waals surface area (Å²) in [5.41, 5.74) is 1.02.